The predicted molar refractivity (Wildman–Crippen MR) is 75.6 cm³/mol. The Bertz CT molecular complexity index is 579. The first-order valence-corrected chi connectivity index (χ1v) is 6.74. The summed E-state index contributed by atoms with van der Waals surface area (Å²) in [6.07, 6.45) is 1.93. The van der Waals surface area contributed by atoms with Gasteiger partial charge >= 0.3 is 0 Å². The van der Waals surface area contributed by atoms with E-state index in [0.29, 0.717) is 0 Å². The Morgan fingerprint density at radius 1 is 1.21 bits per heavy atom. The Hall–Kier alpha value is -1.62. The summed E-state index contributed by atoms with van der Waals surface area (Å²) >= 11 is 0. The second kappa shape index (κ2) is 4.49. The number of rotatable bonds is 1. The largest absolute Gasteiger partial charge is 0.378 e. The van der Waals surface area contributed by atoms with Crippen LogP contribution in [0, 0.1) is 0 Å². The first-order valence-electron chi connectivity index (χ1n) is 6.74. The molecule has 0 aromatic carbocycles. The van der Waals surface area contributed by atoms with Gasteiger partial charge in [0.25, 0.3) is 0 Å². The molecule has 1 N–H and O–H groups in total. The van der Waals surface area contributed by atoms with Gasteiger partial charge in [-0.2, -0.15) is 0 Å². The average molecular weight is 260 g/mol. The number of ether oxygens (including phenoxy) is 1. The van der Waals surface area contributed by atoms with Gasteiger partial charge in [0.15, 0.2) is 0 Å². The molecule has 1 fully saturated rings. The smallest absolute Gasteiger partial charge is 0.143 e. The monoisotopic (exact) mass is 260 g/mol. The first kappa shape index (κ1) is 12.4. The molecule has 1 aliphatic heterocycles. The topological polar surface area (TPSA) is 54.0 Å². The minimum Gasteiger partial charge on any atom is -0.378 e. The van der Waals surface area contributed by atoms with Gasteiger partial charge in [0, 0.05) is 24.7 Å². The second-order valence-electron chi connectivity index (χ2n) is 5.96. The molecule has 1 aliphatic rings. The number of H-pyrrole nitrogens is 1. The summed E-state index contributed by atoms with van der Waals surface area (Å²) in [5.41, 5.74) is 0.863. The normalized spacial score (nSPS) is 17.1. The van der Waals surface area contributed by atoms with Crippen LogP contribution in [0.15, 0.2) is 12.3 Å². The minimum absolute atomic E-state index is 0.0552. The molecule has 0 saturated carbocycles. The molecular weight excluding hydrogens is 240 g/mol. The zero-order valence-electron chi connectivity index (χ0n) is 11.7. The highest BCUT2D eigenvalue weighted by Gasteiger charge is 2.23. The van der Waals surface area contributed by atoms with E-state index in [-0.39, 0.29) is 5.41 Å². The number of anilines is 1. The molecular formula is C14H20N4O. The van der Waals surface area contributed by atoms with E-state index in [0.717, 1.165) is 49.0 Å². The van der Waals surface area contributed by atoms with E-state index < -0.39 is 0 Å². The fourth-order valence-electron chi connectivity index (χ4n) is 2.28. The molecule has 5 heteroatoms. The number of nitrogens with one attached hydrogen (secondary N) is 1. The average Bonchev–Trinajstić information content (AvgIpc) is 2.85. The summed E-state index contributed by atoms with van der Waals surface area (Å²) in [5, 5.41) is 1.09. The van der Waals surface area contributed by atoms with Crippen molar-refractivity contribution in [2.45, 2.75) is 26.2 Å². The highest BCUT2D eigenvalue weighted by molar-refractivity contribution is 5.87. The number of fused-ring (bicyclic) bond motifs is 1. The third kappa shape index (κ3) is 2.30. The third-order valence-electron chi connectivity index (χ3n) is 3.38. The van der Waals surface area contributed by atoms with E-state index in [1.807, 2.05) is 12.3 Å². The van der Waals surface area contributed by atoms with Gasteiger partial charge in [-0.25, -0.2) is 9.97 Å². The number of aromatic nitrogens is 3. The minimum atomic E-state index is -0.0552. The molecule has 0 aliphatic carbocycles. The van der Waals surface area contributed by atoms with Crippen LogP contribution in [-0.4, -0.2) is 41.3 Å². The van der Waals surface area contributed by atoms with Crippen molar-refractivity contribution in [2.24, 2.45) is 0 Å². The SMILES string of the molecule is CC(C)(C)c1nc(N2CCOCC2)c2cc[nH]c2n1. The third-order valence-corrected chi connectivity index (χ3v) is 3.38. The summed E-state index contributed by atoms with van der Waals surface area (Å²) in [6, 6.07) is 2.05. The Morgan fingerprint density at radius 3 is 2.63 bits per heavy atom. The van der Waals surface area contributed by atoms with Crippen molar-refractivity contribution < 1.29 is 4.74 Å². The molecule has 3 heterocycles. The van der Waals surface area contributed by atoms with Gasteiger partial charge in [-0.05, 0) is 6.07 Å². The maximum absolute atomic E-state index is 5.42. The van der Waals surface area contributed by atoms with Crippen molar-refractivity contribution in [2.75, 3.05) is 31.2 Å². The Balaban J connectivity index is 2.12. The maximum atomic E-state index is 5.42. The molecule has 0 bridgehead atoms. The van der Waals surface area contributed by atoms with Gasteiger partial charge in [0.1, 0.15) is 17.3 Å². The van der Waals surface area contributed by atoms with Gasteiger partial charge in [0.05, 0.1) is 18.6 Å². The second-order valence-corrected chi connectivity index (χ2v) is 5.96. The molecule has 5 nitrogen and oxygen atoms in total. The number of aromatic amines is 1. The van der Waals surface area contributed by atoms with Crippen LogP contribution in [0.5, 0.6) is 0 Å². The van der Waals surface area contributed by atoms with Crippen LogP contribution in [0.25, 0.3) is 11.0 Å². The lowest BCUT2D eigenvalue weighted by Crippen LogP contribution is -2.37. The van der Waals surface area contributed by atoms with Gasteiger partial charge in [-0.15, -0.1) is 0 Å². The summed E-state index contributed by atoms with van der Waals surface area (Å²) in [5.74, 6) is 1.91. The van der Waals surface area contributed by atoms with Crippen molar-refractivity contribution in [1.29, 1.82) is 0 Å². The van der Waals surface area contributed by atoms with Crippen molar-refractivity contribution in [3.63, 3.8) is 0 Å². The number of hydrogen-bond acceptors (Lipinski definition) is 4. The van der Waals surface area contributed by atoms with Crippen molar-refractivity contribution in [3.05, 3.63) is 18.1 Å². The molecule has 2 aromatic heterocycles. The van der Waals surface area contributed by atoms with E-state index >= 15 is 0 Å². The van der Waals surface area contributed by atoms with Crippen LogP contribution in [-0.2, 0) is 10.2 Å². The lowest BCUT2D eigenvalue weighted by atomic mass is 9.95. The lowest BCUT2D eigenvalue weighted by Gasteiger charge is -2.29. The number of hydrogen-bond donors (Lipinski definition) is 1. The summed E-state index contributed by atoms with van der Waals surface area (Å²) < 4.78 is 5.42. The highest BCUT2D eigenvalue weighted by Crippen LogP contribution is 2.28. The van der Waals surface area contributed by atoms with Crippen LogP contribution in [0.4, 0.5) is 5.82 Å². The van der Waals surface area contributed by atoms with Crippen molar-refractivity contribution in [3.8, 4) is 0 Å². The van der Waals surface area contributed by atoms with E-state index in [9.17, 15) is 0 Å². The molecule has 0 amide bonds. The summed E-state index contributed by atoms with van der Waals surface area (Å²) in [7, 11) is 0. The van der Waals surface area contributed by atoms with Crippen LogP contribution >= 0.6 is 0 Å². The summed E-state index contributed by atoms with van der Waals surface area (Å²) in [6.45, 7) is 9.73. The zero-order chi connectivity index (χ0) is 13.5. The molecule has 1 saturated heterocycles. The van der Waals surface area contributed by atoms with Gasteiger partial charge in [0.2, 0.25) is 0 Å². The lowest BCUT2D eigenvalue weighted by molar-refractivity contribution is 0.122. The first-order chi connectivity index (χ1) is 9.05. The molecule has 19 heavy (non-hydrogen) atoms. The zero-order valence-corrected chi connectivity index (χ0v) is 11.7. The Morgan fingerprint density at radius 2 is 1.95 bits per heavy atom. The number of nitrogens with zero attached hydrogens (tertiary/aromatic N) is 3. The molecule has 102 valence electrons. The highest BCUT2D eigenvalue weighted by atomic mass is 16.5. The molecule has 0 unspecified atom stereocenters. The van der Waals surface area contributed by atoms with Crippen molar-refractivity contribution >= 4 is 16.9 Å². The molecule has 3 rings (SSSR count). The fourth-order valence-corrected chi connectivity index (χ4v) is 2.28. The van der Waals surface area contributed by atoms with E-state index in [1.54, 1.807) is 0 Å². The maximum Gasteiger partial charge on any atom is 0.143 e. The van der Waals surface area contributed by atoms with Crippen LogP contribution in [0.3, 0.4) is 0 Å². The van der Waals surface area contributed by atoms with Gasteiger partial charge < -0.3 is 14.6 Å². The van der Waals surface area contributed by atoms with Crippen LogP contribution < -0.4 is 4.90 Å². The van der Waals surface area contributed by atoms with Gasteiger partial charge in [-0.3, -0.25) is 0 Å². The van der Waals surface area contributed by atoms with E-state index in [2.05, 4.69) is 35.6 Å². The van der Waals surface area contributed by atoms with E-state index in [4.69, 9.17) is 9.72 Å². The number of morpholine rings is 1. The summed E-state index contributed by atoms with van der Waals surface area (Å²) in [4.78, 5) is 14.9. The van der Waals surface area contributed by atoms with Gasteiger partial charge in [-0.1, -0.05) is 20.8 Å². The standard InChI is InChI=1S/C14H20N4O/c1-14(2,3)13-16-11-10(4-5-15-11)12(17-13)18-6-8-19-9-7-18/h4-5H,6-9H2,1-3H3,(H,15,16,17). The van der Waals surface area contributed by atoms with E-state index in [1.165, 1.54) is 0 Å². The van der Waals surface area contributed by atoms with Crippen LogP contribution in [0.1, 0.15) is 26.6 Å². The molecule has 0 atom stereocenters. The molecule has 0 spiro atoms. The fraction of sp³-hybridized carbons (Fsp3) is 0.571. The van der Waals surface area contributed by atoms with Crippen molar-refractivity contribution in [1.82, 2.24) is 15.0 Å². The quantitative estimate of drug-likeness (QED) is 0.853. The predicted octanol–water partition coefficient (Wildman–Crippen LogP) is 2.09. The Labute approximate surface area is 113 Å². The van der Waals surface area contributed by atoms with Crippen LogP contribution in [0.2, 0.25) is 0 Å². The molecule has 2 aromatic rings. The Kier molecular flexibility index (Phi) is 2.93. The molecule has 0 radical (unpaired) electrons.